The number of unbranched alkanes of at least 4 members (excludes halogenated alkanes) is 1. The van der Waals surface area contributed by atoms with Gasteiger partial charge >= 0.3 is 11.9 Å². The second-order valence-corrected chi connectivity index (χ2v) is 5.86. The van der Waals surface area contributed by atoms with Gasteiger partial charge < -0.3 is 14.6 Å². The molecule has 0 aliphatic heterocycles. The molecule has 0 aromatic carbocycles. The number of hydrogen-bond donors (Lipinski definition) is 1. The molecule has 0 unspecified atom stereocenters. The van der Waals surface area contributed by atoms with Crippen molar-refractivity contribution in [2.24, 2.45) is 0 Å². The zero-order chi connectivity index (χ0) is 16.7. The molecule has 0 radical (unpaired) electrons. The van der Waals surface area contributed by atoms with E-state index in [1.54, 1.807) is 0 Å². The highest BCUT2D eigenvalue weighted by atomic mass is 16.6. The van der Waals surface area contributed by atoms with Gasteiger partial charge in [-0.15, -0.1) is 5.10 Å². The molecule has 1 aliphatic rings. The number of nitrogens with zero attached hydrogens (tertiary/aromatic N) is 2. The summed E-state index contributed by atoms with van der Waals surface area (Å²) in [5.74, 6) is -2.16. The minimum atomic E-state index is -1.56. The van der Waals surface area contributed by atoms with Crippen molar-refractivity contribution in [3.8, 4) is 5.88 Å². The van der Waals surface area contributed by atoms with Crippen molar-refractivity contribution in [1.82, 2.24) is 9.78 Å². The summed E-state index contributed by atoms with van der Waals surface area (Å²) in [6, 6.07) is 2.43. The Morgan fingerprint density at radius 2 is 1.96 bits per heavy atom. The Labute approximate surface area is 135 Å². The standard InChI is InChI=1S/C16H24N2O5/c1-12-11-14(17-18(12)13-7-3-2-4-8-13)22-9-5-6-10-23-16(21)15(19)20/h11,13H,2-10H2,1H3,(H,19,20). The van der Waals surface area contributed by atoms with Crippen molar-refractivity contribution in [2.45, 2.75) is 57.9 Å². The van der Waals surface area contributed by atoms with E-state index >= 15 is 0 Å². The number of aromatic nitrogens is 2. The highest BCUT2D eigenvalue weighted by Gasteiger charge is 2.18. The first kappa shape index (κ1) is 17.3. The molecule has 1 saturated carbocycles. The van der Waals surface area contributed by atoms with Gasteiger partial charge in [-0.1, -0.05) is 19.3 Å². The Kier molecular flexibility index (Phi) is 6.43. The van der Waals surface area contributed by atoms with E-state index in [9.17, 15) is 9.59 Å². The number of ether oxygens (including phenoxy) is 2. The molecule has 0 spiro atoms. The quantitative estimate of drug-likeness (QED) is 0.471. The number of esters is 1. The van der Waals surface area contributed by atoms with E-state index in [4.69, 9.17) is 9.84 Å². The maximum absolute atomic E-state index is 10.7. The number of aryl methyl sites for hydroxylation is 1. The van der Waals surface area contributed by atoms with Crippen LogP contribution >= 0.6 is 0 Å². The third-order valence-electron chi connectivity index (χ3n) is 4.02. The van der Waals surface area contributed by atoms with E-state index < -0.39 is 11.9 Å². The maximum atomic E-state index is 10.7. The average Bonchev–Trinajstić information content (AvgIpc) is 2.92. The number of aliphatic carboxylic acids is 1. The van der Waals surface area contributed by atoms with Gasteiger partial charge in [0.25, 0.3) is 0 Å². The molecule has 0 amide bonds. The van der Waals surface area contributed by atoms with Crippen LogP contribution in [-0.4, -0.2) is 40.0 Å². The summed E-state index contributed by atoms with van der Waals surface area (Å²) in [6.45, 7) is 2.59. The summed E-state index contributed by atoms with van der Waals surface area (Å²) in [5.41, 5.74) is 1.11. The van der Waals surface area contributed by atoms with E-state index in [1.807, 2.05) is 13.0 Å². The Morgan fingerprint density at radius 1 is 1.26 bits per heavy atom. The van der Waals surface area contributed by atoms with Gasteiger partial charge in [0.1, 0.15) is 0 Å². The van der Waals surface area contributed by atoms with Gasteiger partial charge in [-0.25, -0.2) is 9.59 Å². The first-order valence-corrected chi connectivity index (χ1v) is 8.17. The fourth-order valence-corrected chi connectivity index (χ4v) is 2.83. The van der Waals surface area contributed by atoms with Crippen molar-refractivity contribution in [3.63, 3.8) is 0 Å². The molecule has 7 heteroatoms. The van der Waals surface area contributed by atoms with Crippen molar-refractivity contribution < 1.29 is 24.2 Å². The lowest BCUT2D eigenvalue weighted by molar-refractivity contribution is -0.163. The van der Waals surface area contributed by atoms with Gasteiger partial charge in [0.05, 0.1) is 19.3 Å². The van der Waals surface area contributed by atoms with Crippen LogP contribution in [0.15, 0.2) is 6.07 Å². The molecule has 1 aromatic heterocycles. The number of carboxylic acid groups (broad SMARTS) is 1. The van der Waals surface area contributed by atoms with Crippen molar-refractivity contribution in [2.75, 3.05) is 13.2 Å². The zero-order valence-electron chi connectivity index (χ0n) is 13.5. The van der Waals surface area contributed by atoms with Crippen LogP contribution in [0.25, 0.3) is 0 Å². The Hall–Kier alpha value is -2.05. The molecule has 128 valence electrons. The second-order valence-electron chi connectivity index (χ2n) is 5.86. The summed E-state index contributed by atoms with van der Waals surface area (Å²) in [7, 11) is 0. The molecular formula is C16H24N2O5. The third kappa shape index (κ3) is 5.26. The van der Waals surface area contributed by atoms with E-state index in [2.05, 4.69) is 14.5 Å². The molecule has 0 atom stereocenters. The normalized spacial score (nSPS) is 15.3. The number of rotatable bonds is 7. The first-order valence-electron chi connectivity index (χ1n) is 8.17. The maximum Gasteiger partial charge on any atom is 0.417 e. The smallest absolute Gasteiger partial charge is 0.417 e. The minimum Gasteiger partial charge on any atom is -0.477 e. The van der Waals surface area contributed by atoms with Crippen LogP contribution in [0.5, 0.6) is 5.88 Å². The fraction of sp³-hybridized carbons (Fsp3) is 0.688. The predicted molar refractivity (Wildman–Crippen MR) is 82.4 cm³/mol. The van der Waals surface area contributed by atoms with Crippen LogP contribution in [0.1, 0.15) is 56.7 Å². The Morgan fingerprint density at radius 3 is 2.65 bits per heavy atom. The molecule has 0 saturated heterocycles. The molecule has 1 aliphatic carbocycles. The molecular weight excluding hydrogens is 300 g/mol. The van der Waals surface area contributed by atoms with Gasteiger partial charge in [-0.2, -0.15) is 0 Å². The van der Waals surface area contributed by atoms with Crippen LogP contribution in [0.2, 0.25) is 0 Å². The van der Waals surface area contributed by atoms with Crippen LogP contribution in [0.4, 0.5) is 0 Å². The summed E-state index contributed by atoms with van der Waals surface area (Å²) in [4.78, 5) is 21.0. The van der Waals surface area contributed by atoms with Crippen LogP contribution < -0.4 is 4.74 Å². The van der Waals surface area contributed by atoms with Crippen LogP contribution in [-0.2, 0) is 14.3 Å². The summed E-state index contributed by atoms with van der Waals surface area (Å²) in [5, 5.41) is 12.9. The van der Waals surface area contributed by atoms with E-state index in [0.29, 0.717) is 31.4 Å². The first-order chi connectivity index (χ1) is 11.1. The summed E-state index contributed by atoms with van der Waals surface area (Å²) in [6.07, 6.45) is 7.41. The highest BCUT2D eigenvalue weighted by Crippen LogP contribution is 2.29. The van der Waals surface area contributed by atoms with Gasteiger partial charge in [0, 0.05) is 11.8 Å². The Balaban J connectivity index is 1.68. The predicted octanol–water partition coefficient (Wildman–Crippen LogP) is 2.48. The van der Waals surface area contributed by atoms with Gasteiger partial charge in [0.2, 0.25) is 5.88 Å². The molecule has 2 rings (SSSR count). The van der Waals surface area contributed by atoms with Gasteiger partial charge in [0.15, 0.2) is 0 Å². The molecule has 23 heavy (non-hydrogen) atoms. The van der Waals surface area contributed by atoms with E-state index in [-0.39, 0.29) is 6.61 Å². The van der Waals surface area contributed by atoms with Crippen molar-refractivity contribution in [3.05, 3.63) is 11.8 Å². The molecule has 1 fully saturated rings. The topological polar surface area (TPSA) is 90.7 Å². The lowest BCUT2D eigenvalue weighted by Crippen LogP contribution is -2.17. The summed E-state index contributed by atoms with van der Waals surface area (Å²) < 4.78 is 12.2. The van der Waals surface area contributed by atoms with Crippen molar-refractivity contribution in [1.29, 1.82) is 0 Å². The third-order valence-corrected chi connectivity index (χ3v) is 4.02. The van der Waals surface area contributed by atoms with Crippen LogP contribution in [0, 0.1) is 6.92 Å². The highest BCUT2D eigenvalue weighted by molar-refractivity contribution is 6.28. The van der Waals surface area contributed by atoms with Gasteiger partial charge in [-0.05, 0) is 32.6 Å². The SMILES string of the molecule is Cc1cc(OCCCCOC(=O)C(=O)O)nn1C1CCCCC1. The zero-order valence-corrected chi connectivity index (χ0v) is 13.5. The minimum absolute atomic E-state index is 0.0873. The number of carboxylic acids is 1. The molecule has 0 bridgehead atoms. The average molecular weight is 324 g/mol. The largest absolute Gasteiger partial charge is 0.477 e. The van der Waals surface area contributed by atoms with Crippen molar-refractivity contribution >= 4 is 11.9 Å². The molecule has 1 aromatic rings. The fourth-order valence-electron chi connectivity index (χ4n) is 2.83. The lowest BCUT2D eigenvalue weighted by atomic mass is 9.95. The van der Waals surface area contributed by atoms with E-state index in [0.717, 1.165) is 5.69 Å². The van der Waals surface area contributed by atoms with E-state index in [1.165, 1.54) is 32.1 Å². The number of carbonyl (C=O) groups excluding carboxylic acids is 1. The molecule has 1 N–H and O–H groups in total. The van der Waals surface area contributed by atoms with Crippen LogP contribution in [0.3, 0.4) is 0 Å². The second kappa shape index (κ2) is 8.55. The number of hydrogen-bond acceptors (Lipinski definition) is 5. The Bertz CT molecular complexity index is 535. The molecule has 7 nitrogen and oxygen atoms in total. The monoisotopic (exact) mass is 324 g/mol. The van der Waals surface area contributed by atoms with Gasteiger partial charge in [-0.3, -0.25) is 4.68 Å². The summed E-state index contributed by atoms with van der Waals surface area (Å²) >= 11 is 0. The number of carbonyl (C=O) groups is 2. The molecule has 1 heterocycles. The lowest BCUT2D eigenvalue weighted by Gasteiger charge is -2.23.